The Balaban J connectivity index is 1.82. The monoisotopic (exact) mass is 388 g/mol. The lowest BCUT2D eigenvalue weighted by atomic mass is 10.1. The number of nitrogens with one attached hydrogen (secondary N) is 2. The van der Waals surface area contributed by atoms with Gasteiger partial charge in [0.25, 0.3) is 5.56 Å². The predicted octanol–water partition coefficient (Wildman–Crippen LogP) is 1.56. The van der Waals surface area contributed by atoms with Crippen molar-refractivity contribution in [3.05, 3.63) is 63.1 Å². The molecular weight excluding hydrogens is 368 g/mol. The average Bonchev–Trinajstić information content (AvgIpc) is 3.10. The molecule has 3 heterocycles. The highest BCUT2D eigenvalue weighted by Gasteiger charge is 2.36. The first-order valence-electron chi connectivity index (χ1n) is 8.85. The maximum absolute atomic E-state index is 13.4. The summed E-state index contributed by atoms with van der Waals surface area (Å²) in [6, 6.07) is 7.87. The fourth-order valence-corrected chi connectivity index (χ4v) is 5.38. The van der Waals surface area contributed by atoms with Crippen LogP contribution in [0.25, 0.3) is 10.9 Å². The lowest BCUT2D eigenvalue weighted by Crippen LogP contribution is -2.41. The van der Waals surface area contributed by atoms with E-state index in [2.05, 4.69) is 14.5 Å². The average molecular weight is 388 g/mol. The largest absolute Gasteiger partial charge is 0.349 e. The summed E-state index contributed by atoms with van der Waals surface area (Å²) in [5.41, 5.74) is 0.0568. The van der Waals surface area contributed by atoms with Gasteiger partial charge in [0.05, 0.1) is 21.8 Å². The fourth-order valence-electron chi connectivity index (χ4n) is 3.74. The van der Waals surface area contributed by atoms with Gasteiger partial charge in [-0.15, -0.1) is 0 Å². The molecule has 142 valence electrons. The summed E-state index contributed by atoms with van der Waals surface area (Å²) in [6.45, 7) is 2.98. The van der Waals surface area contributed by atoms with Crippen LogP contribution in [-0.2, 0) is 16.6 Å². The molecule has 1 aliphatic heterocycles. The third-order valence-electron chi connectivity index (χ3n) is 4.99. The molecular formula is C18H20N4O4S. The summed E-state index contributed by atoms with van der Waals surface area (Å²) in [5, 5.41) is 0.142. The minimum absolute atomic E-state index is 0.0497. The van der Waals surface area contributed by atoms with Crippen LogP contribution < -0.4 is 11.2 Å². The predicted molar refractivity (Wildman–Crippen MR) is 101 cm³/mol. The summed E-state index contributed by atoms with van der Waals surface area (Å²) < 4.78 is 30.3. The van der Waals surface area contributed by atoms with Gasteiger partial charge < -0.3 is 9.55 Å². The van der Waals surface area contributed by atoms with Crippen LogP contribution >= 0.6 is 0 Å². The van der Waals surface area contributed by atoms with E-state index in [-0.39, 0.29) is 16.3 Å². The number of fused-ring (bicyclic) bond motifs is 2. The number of aromatic nitrogens is 3. The number of nitrogens with zero attached hydrogens (tertiary/aromatic N) is 2. The molecule has 0 saturated heterocycles. The van der Waals surface area contributed by atoms with Crippen LogP contribution in [0.1, 0.15) is 31.5 Å². The number of hydrogen-bond donors (Lipinski definition) is 2. The van der Waals surface area contributed by atoms with Crippen molar-refractivity contribution < 1.29 is 8.42 Å². The van der Waals surface area contributed by atoms with Crippen molar-refractivity contribution in [2.45, 2.75) is 37.2 Å². The van der Waals surface area contributed by atoms with Gasteiger partial charge in [0.1, 0.15) is 0 Å². The molecule has 0 amide bonds. The van der Waals surface area contributed by atoms with Crippen LogP contribution in [0.5, 0.6) is 0 Å². The smallest absolute Gasteiger partial charge is 0.326 e. The molecule has 2 N–H and O–H groups in total. The standard InChI is InChI=1S/C18H20N4O4S/c1-2-4-16-15-5-3-8-21(15)9-10-22(16)27(25,26)12-6-7-14-13(11-12)17(23)20-18(24)19-14/h3,5-8,11,16H,2,4,9-10H2,1H3,(H2,19,20,23,24)/t16-/m1/s1. The zero-order valence-electron chi connectivity index (χ0n) is 14.8. The molecule has 0 aliphatic carbocycles. The van der Waals surface area contributed by atoms with Gasteiger partial charge in [-0.2, -0.15) is 4.31 Å². The highest BCUT2D eigenvalue weighted by molar-refractivity contribution is 7.89. The van der Waals surface area contributed by atoms with Crippen LogP contribution in [0.15, 0.2) is 51.0 Å². The van der Waals surface area contributed by atoms with Crippen molar-refractivity contribution in [2.24, 2.45) is 0 Å². The molecule has 2 aromatic heterocycles. The Morgan fingerprint density at radius 3 is 2.74 bits per heavy atom. The Bertz CT molecular complexity index is 1220. The van der Waals surface area contributed by atoms with Gasteiger partial charge in [-0.25, -0.2) is 13.2 Å². The second kappa shape index (κ2) is 6.50. The quantitative estimate of drug-likeness (QED) is 0.707. The molecule has 0 spiro atoms. The Kier molecular flexibility index (Phi) is 4.27. The minimum atomic E-state index is -3.80. The van der Waals surface area contributed by atoms with Crippen molar-refractivity contribution in [3.63, 3.8) is 0 Å². The molecule has 9 heteroatoms. The second-order valence-corrected chi connectivity index (χ2v) is 8.55. The van der Waals surface area contributed by atoms with E-state index >= 15 is 0 Å². The normalized spacial score (nSPS) is 17.9. The van der Waals surface area contributed by atoms with E-state index in [4.69, 9.17) is 0 Å². The zero-order valence-corrected chi connectivity index (χ0v) is 15.6. The molecule has 4 rings (SSSR count). The van der Waals surface area contributed by atoms with Crippen molar-refractivity contribution >= 4 is 20.9 Å². The third kappa shape index (κ3) is 2.92. The molecule has 0 bridgehead atoms. The molecule has 8 nitrogen and oxygen atoms in total. The number of aromatic amines is 2. The Hall–Kier alpha value is -2.65. The van der Waals surface area contributed by atoms with Gasteiger partial charge in [-0.1, -0.05) is 13.3 Å². The SMILES string of the molecule is CCC[C@@H]1c2cccn2CCN1S(=O)(=O)c1ccc2[nH]c(=O)[nH]c(=O)c2c1. The van der Waals surface area contributed by atoms with Crippen molar-refractivity contribution in [2.75, 3.05) is 6.54 Å². The van der Waals surface area contributed by atoms with Crippen molar-refractivity contribution in [1.82, 2.24) is 18.8 Å². The molecule has 3 aromatic rings. The van der Waals surface area contributed by atoms with E-state index in [1.807, 2.05) is 25.3 Å². The highest BCUT2D eigenvalue weighted by Crippen LogP contribution is 2.34. The van der Waals surface area contributed by atoms with Gasteiger partial charge in [0.15, 0.2) is 0 Å². The third-order valence-corrected chi connectivity index (χ3v) is 6.90. The maximum Gasteiger partial charge on any atom is 0.326 e. The molecule has 1 atom stereocenters. The summed E-state index contributed by atoms with van der Waals surface area (Å²) in [7, 11) is -3.80. The zero-order chi connectivity index (χ0) is 19.2. The highest BCUT2D eigenvalue weighted by atomic mass is 32.2. The van der Waals surface area contributed by atoms with Crippen LogP contribution in [0, 0.1) is 0 Å². The number of benzene rings is 1. The number of H-pyrrole nitrogens is 2. The van der Waals surface area contributed by atoms with Crippen LogP contribution in [0.2, 0.25) is 0 Å². The molecule has 0 radical (unpaired) electrons. The first kappa shape index (κ1) is 17.7. The summed E-state index contributed by atoms with van der Waals surface area (Å²) in [5.74, 6) is 0. The molecule has 27 heavy (non-hydrogen) atoms. The molecule has 0 saturated carbocycles. The number of hydrogen-bond acceptors (Lipinski definition) is 4. The number of rotatable bonds is 4. The van der Waals surface area contributed by atoms with Gasteiger partial charge >= 0.3 is 5.69 Å². The maximum atomic E-state index is 13.4. The van der Waals surface area contributed by atoms with Crippen molar-refractivity contribution in [1.29, 1.82) is 0 Å². The Morgan fingerprint density at radius 2 is 1.96 bits per heavy atom. The minimum Gasteiger partial charge on any atom is -0.349 e. The van der Waals surface area contributed by atoms with E-state index in [0.29, 0.717) is 25.0 Å². The van der Waals surface area contributed by atoms with Gasteiger partial charge in [0, 0.05) is 25.0 Å². The van der Waals surface area contributed by atoms with Gasteiger partial charge in [0.2, 0.25) is 10.0 Å². The van der Waals surface area contributed by atoms with E-state index < -0.39 is 21.3 Å². The van der Waals surface area contributed by atoms with E-state index in [1.54, 1.807) is 0 Å². The van der Waals surface area contributed by atoms with E-state index in [0.717, 1.165) is 12.1 Å². The summed E-state index contributed by atoms with van der Waals surface area (Å²) >= 11 is 0. The van der Waals surface area contributed by atoms with Gasteiger partial charge in [-0.05, 0) is 36.8 Å². The molecule has 1 aliphatic rings. The Morgan fingerprint density at radius 1 is 1.15 bits per heavy atom. The number of sulfonamides is 1. The summed E-state index contributed by atoms with van der Waals surface area (Å²) in [6.07, 6.45) is 3.53. The molecule has 1 aromatic carbocycles. The van der Waals surface area contributed by atoms with Crippen molar-refractivity contribution in [3.8, 4) is 0 Å². The fraction of sp³-hybridized carbons (Fsp3) is 0.333. The second-order valence-electron chi connectivity index (χ2n) is 6.66. The lowest BCUT2D eigenvalue weighted by molar-refractivity contribution is 0.253. The lowest BCUT2D eigenvalue weighted by Gasteiger charge is -2.36. The van der Waals surface area contributed by atoms with Gasteiger partial charge in [-0.3, -0.25) is 9.78 Å². The first-order valence-corrected chi connectivity index (χ1v) is 10.3. The molecule has 0 fully saturated rings. The van der Waals surface area contributed by atoms with Crippen LogP contribution in [0.4, 0.5) is 0 Å². The summed E-state index contributed by atoms with van der Waals surface area (Å²) in [4.78, 5) is 28.1. The molecule has 0 unspecified atom stereocenters. The topological polar surface area (TPSA) is 108 Å². The first-order chi connectivity index (χ1) is 12.9. The van der Waals surface area contributed by atoms with E-state index in [9.17, 15) is 18.0 Å². The van der Waals surface area contributed by atoms with Crippen LogP contribution in [0.3, 0.4) is 0 Å². The Labute approximate surface area is 155 Å². The van der Waals surface area contributed by atoms with E-state index in [1.165, 1.54) is 22.5 Å². The van der Waals surface area contributed by atoms with Crippen LogP contribution in [-0.4, -0.2) is 33.8 Å².